The fourth-order valence-corrected chi connectivity index (χ4v) is 8.18. The molecule has 16 nitrogen and oxygen atoms in total. The lowest BCUT2D eigenvalue weighted by molar-refractivity contribution is -0.140. The molecule has 0 spiro atoms. The number of carbonyl (C=O) groups excluding carboxylic acids is 4. The number of nitrogens with zero attached hydrogens (tertiary/aromatic N) is 1. The van der Waals surface area contributed by atoms with Crippen molar-refractivity contribution in [3.8, 4) is 46.0 Å². The Kier molecular flexibility index (Phi) is 16.1. The summed E-state index contributed by atoms with van der Waals surface area (Å²) in [5.74, 6) is -0.951. The van der Waals surface area contributed by atoms with Crippen LogP contribution >= 0.6 is 0 Å². The molecule has 3 aromatic carbocycles. The Bertz CT molecular complexity index is 2240. The zero-order chi connectivity index (χ0) is 45.0. The lowest BCUT2D eigenvalue weighted by Gasteiger charge is -2.34. The molecule has 3 heterocycles. The third-order valence-electron chi connectivity index (χ3n) is 11.2. The van der Waals surface area contributed by atoms with Crippen molar-refractivity contribution in [2.45, 2.75) is 89.0 Å². The lowest BCUT2D eigenvalue weighted by Crippen LogP contribution is -2.43. The number of methoxy groups -OCH3 is 4. The number of ether oxygens (including phenoxy) is 8. The highest BCUT2D eigenvalue weighted by molar-refractivity contribution is 6.06. The van der Waals surface area contributed by atoms with Crippen molar-refractivity contribution < 1.29 is 57.1 Å². The van der Waals surface area contributed by atoms with Crippen LogP contribution in [0.25, 0.3) is 17.3 Å². The van der Waals surface area contributed by atoms with Crippen LogP contribution in [0.15, 0.2) is 42.6 Å². The summed E-state index contributed by atoms with van der Waals surface area (Å²) in [7, 11) is 5.89. The molecule has 63 heavy (non-hydrogen) atoms. The van der Waals surface area contributed by atoms with E-state index < -0.39 is 35.8 Å². The zero-order valence-electron chi connectivity index (χ0n) is 36.5. The van der Waals surface area contributed by atoms with E-state index in [1.165, 1.54) is 34.5 Å². The highest BCUT2D eigenvalue weighted by Gasteiger charge is 2.52. The van der Waals surface area contributed by atoms with E-state index in [4.69, 9.17) is 55.1 Å². The van der Waals surface area contributed by atoms with Gasteiger partial charge in [-0.2, -0.15) is 0 Å². The minimum absolute atomic E-state index is 0.101. The molecule has 0 aliphatic carbocycles. The lowest BCUT2D eigenvalue weighted by atomic mass is 9.80. The van der Waals surface area contributed by atoms with Crippen molar-refractivity contribution in [2.24, 2.45) is 17.2 Å². The van der Waals surface area contributed by atoms with E-state index in [2.05, 4.69) is 0 Å². The zero-order valence-corrected chi connectivity index (χ0v) is 36.5. The van der Waals surface area contributed by atoms with Crippen LogP contribution in [0.2, 0.25) is 0 Å². The summed E-state index contributed by atoms with van der Waals surface area (Å²) >= 11 is 0. The number of benzene rings is 3. The topological polar surface area (TPSA) is 223 Å². The van der Waals surface area contributed by atoms with Crippen LogP contribution in [0, 0.1) is 0 Å². The van der Waals surface area contributed by atoms with E-state index in [-0.39, 0.29) is 65.3 Å². The maximum absolute atomic E-state index is 14.4. The Labute approximate surface area is 367 Å². The predicted octanol–water partition coefficient (Wildman–Crippen LogP) is 6.23. The van der Waals surface area contributed by atoms with Crippen LogP contribution in [0.5, 0.6) is 46.0 Å². The van der Waals surface area contributed by atoms with Crippen LogP contribution in [-0.4, -0.2) is 82.9 Å². The summed E-state index contributed by atoms with van der Waals surface area (Å²) in [4.78, 5) is 55.4. The largest absolute Gasteiger partial charge is 0.493 e. The molecule has 0 bridgehead atoms. The van der Waals surface area contributed by atoms with Gasteiger partial charge in [-0.25, -0.2) is 4.79 Å². The molecule has 0 radical (unpaired) electrons. The normalized spacial score (nSPS) is 15.7. The van der Waals surface area contributed by atoms with Crippen molar-refractivity contribution in [1.82, 2.24) is 4.90 Å². The molecule has 0 amide bonds. The number of hydrogen-bond donors (Lipinski definition) is 3. The molecule has 0 saturated heterocycles. The Morgan fingerprint density at radius 1 is 0.619 bits per heavy atom. The van der Waals surface area contributed by atoms with E-state index in [0.717, 1.165) is 38.5 Å². The second-order valence-electron chi connectivity index (χ2n) is 15.4. The first-order valence-corrected chi connectivity index (χ1v) is 21.5. The van der Waals surface area contributed by atoms with Gasteiger partial charge >= 0.3 is 23.9 Å². The van der Waals surface area contributed by atoms with Gasteiger partial charge in [0.05, 0.1) is 34.1 Å². The molecule has 0 aromatic heterocycles. The number of hydrogen-bond acceptors (Lipinski definition) is 16. The van der Waals surface area contributed by atoms with Crippen LogP contribution in [-0.2, 0) is 19.2 Å². The van der Waals surface area contributed by atoms with Gasteiger partial charge in [0.2, 0.25) is 5.75 Å². The van der Waals surface area contributed by atoms with Gasteiger partial charge in [0, 0.05) is 54.1 Å². The summed E-state index contributed by atoms with van der Waals surface area (Å²) in [5.41, 5.74) is 20.4. The maximum atomic E-state index is 14.4. The average Bonchev–Trinajstić information content (AvgIpc) is 3.64. The highest BCUT2D eigenvalue weighted by Crippen LogP contribution is 2.59. The first kappa shape index (κ1) is 46.4. The first-order chi connectivity index (χ1) is 30.6. The maximum Gasteiger partial charge on any atom is 0.335 e. The average molecular weight is 871 g/mol. The van der Waals surface area contributed by atoms with Gasteiger partial charge in [0.15, 0.2) is 34.5 Å². The van der Waals surface area contributed by atoms with Crippen LogP contribution in [0.4, 0.5) is 0 Å². The minimum atomic E-state index is -0.939. The van der Waals surface area contributed by atoms with E-state index in [9.17, 15) is 19.2 Å². The molecular formula is C47H58N4O12. The number of unbranched alkanes of at least 4 members (excludes halogenated alkanes) is 6. The molecule has 3 aromatic rings. The third kappa shape index (κ3) is 10.2. The fourth-order valence-electron chi connectivity index (χ4n) is 8.18. The number of rotatable bonds is 23. The van der Waals surface area contributed by atoms with E-state index in [1.54, 1.807) is 42.6 Å². The van der Waals surface area contributed by atoms with Crippen LogP contribution in [0.3, 0.4) is 0 Å². The minimum Gasteiger partial charge on any atom is -0.493 e. The van der Waals surface area contributed by atoms with Crippen LogP contribution < -0.4 is 55.1 Å². The number of nitrogens with two attached hydrogens (primary N) is 3. The molecule has 0 fully saturated rings. The van der Waals surface area contributed by atoms with Gasteiger partial charge < -0.3 is 60.0 Å². The van der Waals surface area contributed by atoms with Crippen molar-refractivity contribution in [3.63, 3.8) is 0 Å². The predicted molar refractivity (Wildman–Crippen MR) is 235 cm³/mol. The monoisotopic (exact) mass is 870 g/mol. The Morgan fingerprint density at radius 2 is 1.19 bits per heavy atom. The van der Waals surface area contributed by atoms with Gasteiger partial charge in [-0.05, 0) is 99.6 Å². The molecule has 0 saturated carbocycles. The summed E-state index contributed by atoms with van der Waals surface area (Å²) < 4.78 is 46.9. The van der Waals surface area contributed by atoms with E-state index in [0.29, 0.717) is 72.4 Å². The van der Waals surface area contributed by atoms with Gasteiger partial charge in [-0.1, -0.05) is 25.3 Å². The Morgan fingerprint density at radius 3 is 1.76 bits per heavy atom. The molecule has 2 atom stereocenters. The number of fused-ring (bicyclic) bond motifs is 7. The molecule has 2 unspecified atom stereocenters. The van der Waals surface area contributed by atoms with Crippen molar-refractivity contribution in [1.29, 1.82) is 0 Å². The smallest absolute Gasteiger partial charge is 0.335 e. The van der Waals surface area contributed by atoms with Gasteiger partial charge in [0.1, 0.15) is 11.8 Å². The fraction of sp³-hybridized carbons (Fsp3) is 0.447. The Balaban J connectivity index is 1.52. The standard InChI is InChI=1S/C47H58N4O12/c1-56-34-24-28(17-18-32(34)60-38(52)14-8-5-11-20-48)41-42-31-26-35(57-2)36(61-39(53)15-9-6-12-21-49)27-33(31)62-47(55)44(42)51-23-19-29-30(43(41)51)25-37(58-3)46(59-4)45(29)63-40(54)16-10-7-13-22-50/h17-19,23-27,42,44H,5-16,20-22,48-50H2,1-4H3. The van der Waals surface area contributed by atoms with Crippen molar-refractivity contribution in [3.05, 3.63) is 64.9 Å². The third-order valence-corrected chi connectivity index (χ3v) is 11.2. The molecule has 3 aliphatic rings. The summed E-state index contributed by atoms with van der Waals surface area (Å²) in [6.45, 7) is 1.60. The van der Waals surface area contributed by atoms with Gasteiger partial charge in [0.25, 0.3) is 0 Å². The summed E-state index contributed by atoms with van der Waals surface area (Å²) in [6.07, 6.45) is 10.6. The second-order valence-corrected chi connectivity index (χ2v) is 15.4. The molecule has 338 valence electrons. The molecule has 6 rings (SSSR count). The number of esters is 4. The highest BCUT2D eigenvalue weighted by atomic mass is 16.6. The summed E-state index contributed by atoms with van der Waals surface area (Å²) in [5, 5.41) is 0. The molecule has 3 aliphatic heterocycles. The first-order valence-electron chi connectivity index (χ1n) is 21.5. The van der Waals surface area contributed by atoms with Gasteiger partial charge in [-0.3, -0.25) is 14.4 Å². The SMILES string of the molecule is COc1cc(C2=C3c4cc(OC)c(OC)c(OC(=O)CCCCCN)c4C=CN3C3C(=O)Oc4cc(OC(=O)CCCCCN)c(OC)cc4C23)ccc1OC(=O)CCCCCN. The van der Waals surface area contributed by atoms with Crippen LogP contribution in [0.1, 0.15) is 105 Å². The molecule has 6 N–H and O–H groups in total. The van der Waals surface area contributed by atoms with E-state index in [1.807, 2.05) is 4.90 Å². The van der Waals surface area contributed by atoms with Crippen molar-refractivity contribution >= 4 is 41.2 Å². The quantitative estimate of drug-likeness (QED) is 0.0545. The van der Waals surface area contributed by atoms with Crippen molar-refractivity contribution in [2.75, 3.05) is 48.1 Å². The number of carbonyl (C=O) groups is 4. The van der Waals surface area contributed by atoms with E-state index >= 15 is 0 Å². The summed E-state index contributed by atoms with van der Waals surface area (Å²) in [6, 6.07) is 9.24. The Hall–Kier alpha value is -6.10. The van der Waals surface area contributed by atoms with Gasteiger partial charge in [-0.15, -0.1) is 0 Å². The molecule has 16 heteroatoms. The molecular weight excluding hydrogens is 813 g/mol. The second kappa shape index (κ2) is 21.8.